The Bertz CT molecular complexity index is 391. The topological polar surface area (TPSA) is 80.9 Å². The average molecular weight is 227 g/mol. The van der Waals surface area contributed by atoms with Crippen LogP contribution in [0.5, 0.6) is 0 Å². The van der Waals surface area contributed by atoms with Gasteiger partial charge in [0, 0.05) is 12.6 Å². The van der Waals surface area contributed by atoms with Gasteiger partial charge >= 0.3 is 0 Å². The number of nitrogens with two attached hydrogens (primary N) is 1. The quantitative estimate of drug-likeness (QED) is 0.748. The number of hydrogen-bond donors (Lipinski definition) is 2. The van der Waals surface area contributed by atoms with Crippen LogP contribution in [-0.4, -0.2) is 22.4 Å². The van der Waals surface area contributed by atoms with E-state index >= 15 is 0 Å². The first-order valence-corrected chi connectivity index (χ1v) is 5.03. The zero-order valence-electron chi connectivity index (χ0n) is 8.03. The molecule has 2 rings (SSSR count). The SMILES string of the molecule is NCC1(C(=O)Nc2cc(Cl)ncn2)CC1. The minimum Gasteiger partial charge on any atom is -0.329 e. The van der Waals surface area contributed by atoms with Gasteiger partial charge in [0.05, 0.1) is 5.41 Å². The fraction of sp³-hybridized carbons (Fsp3) is 0.444. The molecule has 1 saturated carbocycles. The van der Waals surface area contributed by atoms with E-state index < -0.39 is 0 Å². The molecule has 1 aliphatic rings. The van der Waals surface area contributed by atoms with E-state index in [1.165, 1.54) is 12.4 Å². The number of carbonyl (C=O) groups is 1. The van der Waals surface area contributed by atoms with E-state index in [2.05, 4.69) is 15.3 Å². The highest BCUT2D eigenvalue weighted by Gasteiger charge is 2.48. The Balaban J connectivity index is 2.06. The second kappa shape index (κ2) is 3.75. The van der Waals surface area contributed by atoms with Gasteiger partial charge in [-0.05, 0) is 12.8 Å². The highest BCUT2D eigenvalue weighted by Crippen LogP contribution is 2.45. The molecule has 0 bridgehead atoms. The molecule has 5 nitrogen and oxygen atoms in total. The number of hydrogen-bond acceptors (Lipinski definition) is 4. The lowest BCUT2D eigenvalue weighted by molar-refractivity contribution is -0.120. The third-order valence-corrected chi connectivity index (χ3v) is 2.81. The highest BCUT2D eigenvalue weighted by atomic mass is 35.5. The second-order valence-corrected chi connectivity index (χ2v) is 4.05. The zero-order chi connectivity index (χ0) is 10.9. The fourth-order valence-corrected chi connectivity index (χ4v) is 1.47. The summed E-state index contributed by atoms with van der Waals surface area (Å²) in [5, 5.41) is 2.99. The Labute approximate surface area is 92.0 Å². The maximum atomic E-state index is 11.7. The number of nitrogens with zero attached hydrogens (tertiary/aromatic N) is 2. The summed E-state index contributed by atoms with van der Waals surface area (Å²) in [6, 6.07) is 1.51. The third-order valence-electron chi connectivity index (χ3n) is 2.60. The standard InChI is InChI=1S/C9H11ClN4O/c10-6-3-7(13-5-12-6)14-8(15)9(4-11)1-2-9/h3,5H,1-2,4,11H2,(H,12,13,14,15). The molecule has 0 saturated heterocycles. The average Bonchev–Trinajstić information content (AvgIpc) is 2.98. The molecule has 0 aliphatic heterocycles. The number of anilines is 1. The molecule has 0 aromatic carbocycles. The molecule has 1 fully saturated rings. The molecule has 0 spiro atoms. The lowest BCUT2D eigenvalue weighted by Crippen LogP contribution is -2.31. The molecular weight excluding hydrogens is 216 g/mol. The van der Waals surface area contributed by atoms with Crippen LogP contribution in [0.1, 0.15) is 12.8 Å². The van der Waals surface area contributed by atoms with E-state index in [0.29, 0.717) is 17.5 Å². The van der Waals surface area contributed by atoms with Crippen LogP contribution >= 0.6 is 11.6 Å². The van der Waals surface area contributed by atoms with Gasteiger partial charge in [-0.25, -0.2) is 9.97 Å². The number of carbonyl (C=O) groups excluding carboxylic acids is 1. The summed E-state index contributed by atoms with van der Waals surface area (Å²) in [5.41, 5.74) is 5.16. The number of rotatable bonds is 3. The van der Waals surface area contributed by atoms with Crippen LogP contribution in [0.4, 0.5) is 5.82 Å². The van der Waals surface area contributed by atoms with E-state index in [-0.39, 0.29) is 11.3 Å². The smallest absolute Gasteiger partial charge is 0.233 e. The van der Waals surface area contributed by atoms with E-state index in [1.54, 1.807) is 0 Å². The van der Waals surface area contributed by atoms with Crippen LogP contribution in [0.3, 0.4) is 0 Å². The van der Waals surface area contributed by atoms with Gasteiger partial charge in [-0.1, -0.05) is 11.6 Å². The minimum absolute atomic E-state index is 0.0835. The molecule has 0 atom stereocenters. The van der Waals surface area contributed by atoms with Crippen molar-refractivity contribution in [1.29, 1.82) is 0 Å². The first kappa shape index (κ1) is 10.3. The summed E-state index contributed by atoms with van der Waals surface area (Å²) in [5.74, 6) is 0.333. The lowest BCUT2D eigenvalue weighted by Gasteiger charge is -2.11. The van der Waals surface area contributed by atoms with Crippen LogP contribution < -0.4 is 11.1 Å². The van der Waals surface area contributed by atoms with Crippen LogP contribution in [0.2, 0.25) is 5.15 Å². The first-order chi connectivity index (χ1) is 7.16. The van der Waals surface area contributed by atoms with Gasteiger partial charge in [-0.15, -0.1) is 0 Å². The lowest BCUT2D eigenvalue weighted by atomic mass is 10.1. The van der Waals surface area contributed by atoms with Crippen molar-refractivity contribution in [3.63, 3.8) is 0 Å². The Kier molecular flexibility index (Phi) is 2.58. The van der Waals surface area contributed by atoms with Gasteiger partial charge in [0.25, 0.3) is 0 Å². The van der Waals surface area contributed by atoms with Crippen molar-refractivity contribution in [1.82, 2.24) is 9.97 Å². The summed E-state index contributed by atoms with van der Waals surface area (Å²) in [6.07, 6.45) is 2.99. The summed E-state index contributed by atoms with van der Waals surface area (Å²) >= 11 is 5.66. The van der Waals surface area contributed by atoms with Crippen molar-refractivity contribution in [2.45, 2.75) is 12.8 Å². The van der Waals surface area contributed by atoms with Crippen LogP contribution in [0, 0.1) is 5.41 Å². The normalized spacial score (nSPS) is 17.2. The fourth-order valence-electron chi connectivity index (χ4n) is 1.33. The molecule has 1 aliphatic carbocycles. The maximum Gasteiger partial charge on any atom is 0.233 e. The number of aromatic nitrogens is 2. The second-order valence-electron chi connectivity index (χ2n) is 3.66. The summed E-state index contributed by atoms with van der Waals surface area (Å²) < 4.78 is 0. The summed E-state index contributed by atoms with van der Waals surface area (Å²) in [7, 11) is 0. The predicted octanol–water partition coefficient (Wildman–Crippen LogP) is 0.807. The van der Waals surface area contributed by atoms with Gasteiger partial charge in [0.2, 0.25) is 5.91 Å². The molecule has 1 aromatic heterocycles. The number of halogens is 1. The molecule has 0 radical (unpaired) electrons. The van der Waals surface area contributed by atoms with Crippen molar-refractivity contribution in [2.24, 2.45) is 11.1 Å². The molecule has 0 unspecified atom stereocenters. The van der Waals surface area contributed by atoms with Crippen molar-refractivity contribution < 1.29 is 4.79 Å². The molecule has 1 amide bonds. The molecular formula is C9H11ClN4O. The summed E-state index contributed by atoms with van der Waals surface area (Å²) in [4.78, 5) is 19.4. The Hall–Kier alpha value is -1.20. The van der Waals surface area contributed by atoms with E-state index in [0.717, 1.165) is 12.8 Å². The largest absolute Gasteiger partial charge is 0.329 e. The monoisotopic (exact) mass is 226 g/mol. The first-order valence-electron chi connectivity index (χ1n) is 4.65. The van der Waals surface area contributed by atoms with Crippen molar-refractivity contribution in [2.75, 3.05) is 11.9 Å². The molecule has 1 aromatic rings. The van der Waals surface area contributed by atoms with Crippen molar-refractivity contribution >= 4 is 23.3 Å². The molecule has 80 valence electrons. The van der Waals surface area contributed by atoms with Crippen LogP contribution in [-0.2, 0) is 4.79 Å². The Morgan fingerprint density at radius 2 is 2.33 bits per heavy atom. The maximum absolute atomic E-state index is 11.7. The van der Waals surface area contributed by atoms with E-state index in [4.69, 9.17) is 17.3 Å². The molecule has 3 N–H and O–H groups in total. The predicted molar refractivity (Wildman–Crippen MR) is 56.4 cm³/mol. The molecule has 6 heteroatoms. The van der Waals surface area contributed by atoms with Crippen molar-refractivity contribution in [3.8, 4) is 0 Å². The van der Waals surface area contributed by atoms with Gasteiger partial charge in [-0.3, -0.25) is 4.79 Å². The van der Waals surface area contributed by atoms with Gasteiger partial charge in [0.1, 0.15) is 17.3 Å². The van der Waals surface area contributed by atoms with Crippen LogP contribution in [0.15, 0.2) is 12.4 Å². The third kappa shape index (κ3) is 2.08. The Morgan fingerprint density at radius 1 is 1.60 bits per heavy atom. The highest BCUT2D eigenvalue weighted by molar-refractivity contribution is 6.29. The zero-order valence-corrected chi connectivity index (χ0v) is 8.79. The van der Waals surface area contributed by atoms with Crippen molar-refractivity contribution in [3.05, 3.63) is 17.5 Å². The number of nitrogens with one attached hydrogen (secondary N) is 1. The minimum atomic E-state index is -0.378. The van der Waals surface area contributed by atoms with Gasteiger partial charge in [0.15, 0.2) is 0 Å². The number of amides is 1. The van der Waals surface area contributed by atoms with Crippen LogP contribution in [0.25, 0.3) is 0 Å². The molecule has 1 heterocycles. The van der Waals surface area contributed by atoms with E-state index in [1.807, 2.05) is 0 Å². The molecule has 15 heavy (non-hydrogen) atoms. The summed E-state index contributed by atoms with van der Waals surface area (Å²) in [6.45, 7) is 0.373. The Morgan fingerprint density at radius 3 is 2.87 bits per heavy atom. The van der Waals surface area contributed by atoms with E-state index in [9.17, 15) is 4.79 Å². The van der Waals surface area contributed by atoms with Gasteiger partial charge in [-0.2, -0.15) is 0 Å². The van der Waals surface area contributed by atoms with Gasteiger partial charge < -0.3 is 11.1 Å².